The molecule has 1 saturated heterocycles. The standard InChI is InChI=1S/C14H18N6O/c1-20-9-10(6-19-20)11-7-18-14(21)5-12(11)17-8-13-15-3-2-4-16-13/h2-4,6,9,11-12,17H,5,7-8H2,1H3,(H,18,21). The third kappa shape index (κ3) is 3.25. The number of nitrogens with zero attached hydrogens (tertiary/aromatic N) is 4. The Morgan fingerprint density at radius 3 is 2.95 bits per heavy atom. The first-order chi connectivity index (χ1) is 10.2. The molecule has 1 amide bonds. The van der Waals surface area contributed by atoms with Crippen LogP contribution in [0, 0.1) is 0 Å². The summed E-state index contributed by atoms with van der Waals surface area (Å²) in [6.45, 7) is 1.17. The average molecular weight is 286 g/mol. The number of piperidine rings is 1. The van der Waals surface area contributed by atoms with Crippen LogP contribution >= 0.6 is 0 Å². The van der Waals surface area contributed by atoms with Gasteiger partial charge in [-0.15, -0.1) is 0 Å². The van der Waals surface area contributed by atoms with E-state index in [0.29, 0.717) is 19.5 Å². The summed E-state index contributed by atoms with van der Waals surface area (Å²) in [7, 11) is 1.89. The number of rotatable bonds is 4. The molecule has 2 atom stereocenters. The maximum atomic E-state index is 11.7. The zero-order chi connectivity index (χ0) is 14.7. The third-order valence-electron chi connectivity index (χ3n) is 3.70. The fourth-order valence-electron chi connectivity index (χ4n) is 2.62. The van der Waals surface area contributed by atoms with Crippen molar-refractivity contribution in [3.05, 3.63) is 42.2 Å². The number of carbonyl (C=O) groups is 1. The summed E-state index contributed by atoms with van der Waals surface area (Å²) in [4.78, 5) is 20.1. The Morgan fingerprint density at radius 1 is 1.43 bits per heavy atom. The largest absolute Gasteiger partial charge is 0.355 e. The van der Waals surface area contributed by atoms with Crippen molar-refractivity contribution in [3.63, 3.8) is 0 Å². The highest BCUT2D eigenvalue weighted by Crippen LogP contribution is 2.24. The Kier molecular flexibility index (Phi) is 3.92. The molecule has 3 heterocycles. The van der Waals surface area contributed by atoms with E-state index in [9.17, 15) is 4.79 Å². The molecule has 0 bridgehead atoms. The van der Waals surface area contributed by atoms with Gasteiger partial charge in [-0.2, -0.15) is 5.10 Å². The number of hydrogen-bond donors (Lipinski definition) is 2. The van der Waals surface area contributed by atoms with Gasteiger partial charge in [0.2, 0.25) is 5.91 Å². The summed E-state index contributed by atoms with van der Waals surface area (Å²) in [5, 5.41) is 10.5. The minimum Gasteiger partial charge on any atom is -0.355 e. The zero-order valence-electron chi connectivity index (χ0n) is 11.9. The number of carbonyl (C=O) groups excluding carboxylic acids is 1. The molecule has 0 radical (unpaired) electrons. The zero-order valence-corrected chi connectivity index (χ0v) is 11.9. The summed E-state index contributed by atoms with van der Waals surface area (Å²) in [6.07, 6.45) is 7.74. The van der Waals surface area contributed by atoms with Crippen LogP contribution in [0.5, 0.6) is 0 Å². The van der Waals surface area contributed by atoms with Crippen LogP contribution in [-0.4, -0.2) is 38.2 Å². The topological polar surface area (TPSA) is 84.7 Å². The van der Waals surface area contributed by atoms with Gasteiger partial charge in [0.05, 0.1) is 12.7 Å². The predicted molar refractivity (Wildman–Crippen MR) is 76.2 cm³/mol. The van der Waals surface area contributed by atoms with Crippen molar-refractivity contribution in [3.8, 4) is 0 Å². The SMILES string of the molecule is Cn1cc(C2CNC(=O)CC2NCc2ncccn2)cn1. The van der Waals surface area contributed by atoms with Crippen molar-refractivity contribution < 1.29 is 4.79 Å². The molecule has 1 aliphatic heterocycles. The summed E-state index contributed by atoms with van der Waals surface area (Å²) < 4.78 is 1.78. The molecule has 1 fully saturated rings. The average Bonchev–Trinajstić information content (AvgIpc) is 2.93. The van der Waals surface area contributed by atoms with E-state index in [1.54, 1.807) is 23.1 Å². The summed E-state index contributed by atoms with van der Waals surface area (Å²) in [5.41, 5.74) is 1.13. The second-order valence-electron chi connectivity index (χ2n) is 5.21. The molecule has 0 saturated carbocycles. The molecule has 7 heteroatoms. The minimum absolute atomic E-state index is 0.0618. The molecule has 0 aliphatic carbocycles. The fourth-order valence-corrected chi connectivity index (χ4v) is 2.62. The van der Waals surface area contributed by atoms with Gasteiger partial charge >= 0.3 is 0 Å². The van der Waals surface area contributed by atoms with E-state index in [2.05, 4.69) is 25.7 Å². The van der Waals surface area contributed by atoms with Gasteiger partial charge < -0.3 is 10.6 Å². The molecule has 2 N–H and O–H groups in total. The summed E-state index contributed by atoms with van der Waals surface area (Å²) in [5.74, 6) is 1.01. The minimum atomic E-state index is 0.0618. The highest BCUT2D eigenvalue weighted by Gasteiger charge is 2.30. The Bertz CT molecular complexity index is 611. The van der Waals surface area contributed by atoms with Gasteiger partial charge in [-0.05, 0) is 11.6 Å². The lowest BCUT2D eigenvalue weighted by Gasteiger charge is -2.31. The maximum absolute atomic E-state index is 11.7. The van der Waals surface area contributed by atoms with E-state index in [1.165, 1.54) is 0 Å². The van der Waals surface area contributed by atoms with Gasteiger partial charge in [0.25, 0.3) is 0 Å². The molecular formula is C14H18N6O. The number of aryl methyl sites for hydroxylation is 1. The number of hydrogen-bond acceptors (Lipinski definition) is 5. The van der Waals surface area contributed by atoms with Gasteiger partial charge in [0.1, 0.15) is 5.82 Å². The van der Waals surface area contributed by atoms with E-state index in [4.69, 9.17) is 0 Å². The first kappa shape index (κ1) is 13.7. The highest BCUT2D eigenvalue weighted by molar-refractivity contribution is 5.77. The fraction of sp³-hybridized carbons (Fsp3) is 0.429. The smallest absolute Gasteiger partial charge is 0.221 e. The first-order valence-electron chi connectivity index (χ1n) is 6.97. The molecule has 0 aromatic carbocycles. The lowest BCUT2D eigenvalue weighted by molar-refractivity contribution is -0.123. The molecular weight excluding hydrogens is 268 g/mol. The molecule has 2 aromatic rings. The van der Waals surface area contributed by atoms with Crippen LogP contribution in [0.3, 0.4) is 0 Å². The Balaban J connectivity index is 1.71. The molecule has 0 spiro atoms. The predicted octanol–water partition coefficient (Wildman–Crippen LogP) is -0.0280. The molecule has 1 aliphatic rings. The molecule has 3 rings (SSSR count). The van der Waals surface area contributed by atoms with Crippen LogP contribution in [0.25, 0.3) is 0 Å². The number of nitrogens with one attached hydrogen (secondary N) is 2. The van der Waals surface area contributed by atoms with E-state index in [0.717, 1.165) is 11.4 Å². The number of amides is 1. The van der Waals surface area contributed by atoms with Crippen molar-refractivity contribution in [1.29, 1.82) is 0 Å². The monoisotopic (exact) mass is 286 g/mol. The summed E-state index contributed by atoms with van der Waals surface area (Å²) >= 11 is 0. The van der Waals surface area contributed by atoms with E-state index in [-0.39, 0.29) is 17.9 Å². The molecule has 21 heavy (non-hydrogen) atoms. The highest BCUT2D eigenvalue weighted by atomic mass is 16.1. The van der Waals surface area contributed by atoms with Crippen LogP contribution in [0.15, 0.2) is 30.9 Å². The van der Waals surface area contributed by atoms with Crippen LogP contribution in [0.1, 0.15) is 23.7 Å². The van der Waals surface area contributed by atoms with Crippen molar-refractivity contribution in [2.45, 2.75) is 24.9 Å². The summed E-state index contributed by atoms with van der Waals surface area (Å²) in [6, 6.07) is 1.85. The van der Waals surface area contributed by atoms with Crippen molar-refractivity contribution in [2.24, 2.45) is 7.05 Å². The van der Waals surface area contributed by atoms with Gasteiger partial charge in [-0.1, -0.05) is 0 Å². The van der Waals surface area contributed by atoms with Crippen molar-refractivity contribution in [1.82, 2.24) is 30.4 Å². The van der Waals surface area contributed by atoms with Crippen molar-refractivity contribution in [2.75, 3.05) is 6.54 Å². The second kappa shape index (κ2) is 6.01. The van der Waals surface area contributed by atoms with Gasteiger partial charge in [-0.25, -0.2) is 9.97 Å². The van der Waals surface area contributed by atoms with Crippen LogP contribution in [-0.2, 0) is 18.4 Å². The van der Waals surface area contributed by atoms with Crippen molar-refractivity contribution >= 4 is 5.91 Å². The molecule has 110 valence electrons. The molecule has 2 aromatic heterocycles. The Hall–Kier alpha value is -2.28. The number of aromatic nitrogens is 4. The van der Waals surface area contributed by atoms with Gasteiger partial charge in [0, 0.05) is 50.6 Å². The lowest BCUT2D eigenvalue weighted by Crippen LogP contribution is -2.48. The van der Waals surface area contributed by atoms with E-state index >= 15 is 0 Å². The second-order valence-corrected chi connectivity index (χ2v) is 5.21. The third-order valence-corrected chi connectivity index (χ3v) is 3.70. The van der Waals surface area contributed by atoms with Crippen LogP contribution < -0.4 is 10.6 Å². The van der Waals surface area contributed by atoms with Gasteiger partial charge in [-0.3, -0.25) is 9.48 Å². The van der Waals surface area contributed by atoms with Crippen LogP contribution in [0.4, 0.5) is 0 Å². The lowest BCUT2D eigenvalue weighted by atomic mass is 9.88. The Morgan fingerprint density at radius 2 is 2.24 bits per heavy atom. The quantitative estimate of drug-likeness (QED) is 0.824. The maximum Gasteiger partial charge on any atom is 0.221 e. The first-order valence-corrected chi connectivity index (χ1v) is 6.97. The van der Waals surface area contributed by atoms with E-state index in [1.807, 2.05) is 19.4 Å². The Labute approximate surface area is 122 Å². The van der Waals surface area contributed by atoms with Crippen LogP contribution in [0.2, 0.25) is 0 Å². The normalized spacial score (nSPS) is 22.0. The molecule has 2 unspecified atom stereocenters. The van der Waals surface area contributed by atoms with Gasteiger partial charge in [0.15, 0.2) is 0 Å². The molecule has 7 nitrogen and oxygen atoms in total. The van der Waals surface area contributed by atoms with E-state index < -0.39 is 0 Å².